The number of aliphatic hydroxyl groups is 1. The highest BCUT2D eigenvalue weighted by atomic mass is 16.3. The van der Waals surface area contributed by atoms with E-state index in [2.05, 4.69) is 4.57 Å². The third kappa shape index (κ3) is 1.76. The summed E-state index contributed by atoms with van der Waals surface area (Å²) in [6, 6.07) is 10.1. The van der Waals surface area contributed by atoms with Gasteiger partial charge in [0, 0.05) is 18.5 Å². The molecule has 1 aliphatic heterocycles. The molecule has 3 rings (SSSR count). The number of benzene rings is 1. The molecule has 0 spiro atoms. The Morgan fingerprint density at radius 1 is 1.18 bits per heavy atom. The number of fused-ring (bicyclic) bond motifs is 1. The molecule has 1 aliphatic rings. The van der Waals surface area contributed by atoms with Crippen molar-refractivity contribution < 1.29 is 5.11 Å². The monoisotopic (exact) mass is 228 g/mol. The Hall–Kier alpha value is -1.61. The summed E-state index contributed by atoms with van der Waals surface area (Å²) < 4.78 is 2.19. The summed E-state index contributed by atoms with van der Waals surface area (Å²) in [6.45, 7) is 1.06. The van der Waals surface area contributed by atoms with Gasteiger partial charge in [-0.05, 0) is 12.8 Å². The largest absolute Gasteiger partial charge is 0.390 e. The molecule has 0 saturated carbocycles. The Kier molecular flexibility index (Phi) is 2.69. The maximum absolute atomic E-state index is 9.56. The predicted molar refractivity (Wildman–Crippen MR) is 66.5 cm³/mol. The normalized spacial score (nSPS) is 14.6. The molecule has 3 nitrogen and oxygen atoms in total. The Morgan fingerprint density at radius 3 is 2.76 bits per heavy atom. The van der Waals surface area contributed by atoms with Crippen LogP contribution in [0.25, 0.3) is 11.3 Å². The lowest BCUT2D eigenvalue weighted by atomic mass is 10.1. The average molecular weight is 228 g/mol. The van der Waals surface area contributed by atoms with Crippen LogP contribution in [0.5, 0.6) is 0 Å². The van der Waals surface area contributed by atoms with Gasteiger partial charge in [-0.15, -0.1) is 0 Å². The Balaban J connectivity index is 2.14. The predicted octanol–water partition coefficient (Wildman–Crippen LogP) is 2.38. The second-order valence-electron chi connectivity index (χ2n) is 4.46. The highest BCUT2D eigenvalue weighted by molar-refractivity contribution is 5.62. The van der Waals surface area contributed by atoms with Crippen LogP contribution in [0.4, 0.5) is 0 Å². The summed E-state index contributed by atoms with van der Waals surface area (Å²) in [7, 11) is 0. The molecule has 2 aromatic rings. The van der Waals surface area contributed by atoms with Gasteiger partial charge < -0.3 is 9.67 Å². The number of aliphatic hydroxyl groups excluding tert-OH is 1. The lowest BCUT2D eigenvalue weighted by Crippen LogP contribution is -2.12. The number of rotatable bonds is 2. The fraction of sp³-hybridized carbons (Fsp3) is 0.357. The van der Waals surface area contributed by atoms with E-state index >= 15 is 0 Å². The molecular formula is C14H16N2O. The van der Waals surface area contributed by atoms with Crippen molar-refractivity contribution in [3.05, 3.63) is 41.9 Å². The molecule has 0 unspecified atom stereocenters. The number of hydrogen-bond acceptors (Lipinski definition) is 2. The molecule has 0 aliphatic carbocycles. The van der Waals surface area contributed by atoms with E-state index in [1.54, 1.807) is 0 Å². The Morgan fingerprint density at radius 2 is 2.00 bits per heavy atom. The summed E-state index contributed by atoms with van der Waals surface area (Å²) >= 11 is 0. The number of imidazole rings is 1. The van der Waals surface area contributed by atoms with Gasteiger partial charge in [-0.25, -0.2) is 4.98 Å². The zero-order chi connectivity index (χ0) is 11.7. The standard InChI is InChI=1S/C14H16N2O/c17-10-12-14(11-6-2-1-3-7-11)15-13-8-4-5-9-16(12)13/h1-3,6-7,17H,4-5,8-10H2. The summed E-state index contributed by atoms with van der Waals surface area (Å²) in [5.74, 6) is 1.12. The van der Waals surface area contributed by atoms with E-state index in [0.29, 0.717) is 0 Å². The number of aromatic nitrogens is 2. The number of hydrogen-bond donors (Lipinski definition) is 1. The molecule has 0 bridgehead atoms. The fourth-order valence-electron chi connectivity index (χ4n) is 2.53. The average Bonchev–Trinajstić information content (AvgIpc) is 2.78. The third-order valence-electron chi connectivity index (χ3n) is 3.38. The third-order valence-corrected chi connectivity index (χ3v) is 3.38. The highest BCUT2D eigenvalue weighted by Crippen LogP contribution is 2.27. The molecule has 0 fully saturated rings. The second kappa shape index (κ2) is 4.34. The first kappa shape index (κ1) is 10.5. The van der Waals surface area contributed by atoms with Crippen molar-refractivity contribution in [2.45, 2.75) is 32.4 Å². The Bertz CT molecular complexity index is 517. The zero-order valence-electron chi connectivity index (χ0n) is 9.76. The summed E-state index contributed by atoms with van der Waals surface area (Å²) in [5.41, 5.74) is 3.01. The first-order valence-electron chi connectivity index (χ1n) is 6.14. The number of aryl methyl sites for hydroxylation is 1. The number of nitrogens with zero attached hydrogens (tertiary/aromatic N) is 2. The van der Waals surface area contributed by atoms with Gasteiger partial charge in [0.25, 0.3) is 0 Å². The van der Waals surface area contributed by atoms with Gasteiger partial charge in [0.2, 0.25) is 0 Å². The minimum atomic E-state index is 0.0667. The quantitative estimate of drug-likeness (QED) is 0.857. The van der Waals surface area contributed by atoms with E-state index < -0.39 is 0 Å². The SMILES string of the molecule is OCc1c(-c2ccccc2)nc2n1CCCC2. The zero-order valence-corrected chi connectivity index (χ0v) is 9.76. The van der Waals surface area contributed by atoms with Crippen molar-refractivity contribution >= 4 is 0 Å². The smallest absolute Gasteiger partial charge is 0.109 e. The van der Waals surface area contributed by atoms with Crippen molar-refractivity contribution in [1.29, 1.82) is 0 Å². The van der Waals surface area contributed by atoms with Crippen LogP contribution in [0.1, 0.15) is 24.4 Å². The molecule has 3 heteroatoms. The van der Waals surface area contributed by atoms with Crippen LogP contribution in [0.15, 0.2) is 30.3 Å². The molecule has 1 N–H and O–H groups in total. The van der Waals surface area contributed by atoms with Crippen LogP contribution in [-0.2, 0) is 19.6 Å². The molecule has 0 amide bonds. The molecule has 88 valence electrons. The molecule has 2 heterocycles. The lowest BCUT2D eigenvalue weighted by Gasteiger charge is -2.15. The molecule has 0 atom stereocenters. The Labute approximate surface area is 101 Å². The van der Waals surface area contributed by atoms with Crippen molar-refractivity contribution in [2.24, 2.45) is 0 Å². The van der Waals surface area contributed by atoms with E-state index in [0.717, 1.165) is 35.7 Å². The van der Waals surface area contributed by atoms with Crippen LogP contribution in [0, 0.1) is 0 Å². The molecular weight excluding hydrogens is 212 g/mol. The minimum absolute atomic E-state index is 0.0667. The van der Waals surface area contributed by atoms with Crippen LogP contribution < -0.4 is 0 Å². The van der Waals surface area contributed by atoms with E-state index in [1.165, 1.54) is 12.8 Å². The van der Waals surface area contributed by atoms with Crippen LogP contribution in [-0.4, -0.2) is 14.7 Å². The van der Waals surface area contributed by atoms with Crippen molar-refractivity contribution in [3.8, 4) is 11.3 Å². The van der Waals surface area contributed by atoms with E-state index in [4.69, 9.17) is 4.98 Å². The maximum Gasteiger partial charge on any atom is 0.109 e. The minimum Gasteiger partial charge on any atom is -0.390 e. The van der Waals surface area contributed by atoms with E-state index in [1.807, 2.05) is 30.3 Å². The van der Waals surface area contributed by atoms with Gasteiger partial charge in [0.1, 0.15) is 5.82 Å². The first-order valence-corrected chi connectivity index (χ1v) is 6.14. The first-order chi connectivity index (χ1) is 8.40. The topological polar surface area (TPSA) is 38.1 Å². The fourth-order valence-corrected chi connectivity index (χ4v) is 2.53. The van der Waals surface area contributed by atoms with Crippen molar-refractivity contribution in [1.82, 2.24) is 9.55 Å². The molecule has 0 saturated heterocycles. The lowest BCUT2D eigenvalue weighted by molar-refractivity contribution is 0.268. The van der Waals surface area contributed by atoms with Crippen molar-refractivity contribution in [2.75, 3.05) is 0 Å². The molecule has 17 heavy (non-hydrogen) atoms. The van der Waals surface area contributed by atoms with Gasteiger partial charge in [-0.3, -0.25) is 0 Å². The van der Waals surface area contributed by atoms with Gasteiger partial charge >= 0.3 is 0 Å². The van der Waals surface area contributed by atoms with E-state index in [9.17, 15) is 5.11 Å². The van der Waals surface area contributed by atoms with Crippen molar-refractivity contribution in [3.63, 3.8) is 0 Å². The van der Waals surface area contributed by atoms with Gasteiger partial charge in [-0.2, -0.15) is 0 Å². The highest BCUT2D eigenvalue weighted by Gasteiger charge is 2.19. The van der Waals surface area contributed by atoms with Gasteiger partial charge in [-0.1, -0.05) is 30.3 Å². The van der Waals surface area contributed by atoms with Crippen LogP contribution in [0.2, 0.25) is 0 Å². The molecule has 1 aromatic heterocycles. The summed E-state index contributed by atoms with van der Waals surface area (Å²) in [4.78, 5) is 4.69. The van der Waals surface area contributed by atoms with E-state index in [-0.39, 0.29) is 6.61 Å². The molecule has 1 aromatic carbocycles. The summed E-state index contributed by atoms with van der Waals surface area (Å²) in [6.07, 6.45) is 3.42. The maximum atomic E-state index is 9.56. The van der Waals surface area contributed by atoms with Crippen LogP contribution >= 0.6 is 0 Å². The second-order valence-corrected chi connectivity index (χ2v) is 4.46. The van der Waals surface area contributed by atoms with Gasteiger partial charge in [0.15, 0.2) is 0 Å². The summed E-state index contributed by atoms with van der Waals surface area (Å²) in [5, 5.41) is 9.56. The molecule has 0 radical (unpaired) electrons. The van der Waals surface area contributed by atoms with Gasteiger partial charge in [0.05, 0.1) is 18.0 Å². The van der Waals surface area contributed by atoms with Crippen LogP contribution in [0.3, 0.4) is 0 Å².